The summed E-state index contributed by atoms with van der Waals surface area (Å²) in [6.07, 6.45) is 3.98. The van der Waals surface area contributed by atoms with Gasteiger partial charge in [0.2, 0.25) is 5.91 Å². The predicted octanol–water partition coefficient (Wildman–Crippen LogP) is 1.99. The first kappa shape index (κ1) is 21.4. The molecular formula is C18H23ClN4O3. The molecule has 0 spiro atoms. The van der Waals surface area contributed by atoms with Crippen molar-refractivity contribution in [3.63, 3.8) is 0 Å². The zero-order valence-corrected chi connectivity index (χ0v) is 15.1. The van der Waals surface area contributed by atoms with E-state index in [4.69, 9.17) is 10.5 Å². The molecule has 1 aromatic heterocycles. The van der Waals surface area contributed by atoms with E-state index in [-0.39, 0.29) is 24.2 Å². The summed E-state index contributed by atoms with van der Waals surface area (Å²) in [5, 5.41) is 5.56. The number of halogens is 1. The van der Waals surface area contributed by atoms with Crippen molar-refractivity contribution >= 4 is 29.9 Å². The first-order valence-corrected chi connectivity index (χ1v) is 8.10. The highest BCUT2D eigenvalue weighted by atomic mass is 35.5. The van der Waals surface area contributed by atoms with Gasteiger partial charge in [0.25, 0.3) is 5.91 Å². The molecule has 7 nitrogen and oxygen atoms in total. The number of anilines is 1. The molecule has 4 N–H and O–H groups in total. The highest BCUT2D eigenvalue weighted by Crippen LogP contribution is 2.15. The molecule has 2 amide bonds. The Morgan fingerprint density at radius 2 is 1.92 bits per heavy atom. The van der Waals surface area contributed by atoms with Crippen LogP contribution in [0.3, 0.4) is 0 Å². The number of nitrogens with zero attached hydrogens (tertiary/aromatic N) is 1. The van der Waals surface area contributed by atoms with E-state index < -0.39 is 0 Å². The first-order valence-electron chi connectivity index (χ1n) is 8.10. The lowest BCUT2D eigenvalue weighted by atomic mass is 10.2. The summed E-state index contributed by atoms with van der Waals surface area (Å²) in [4.78, 5) is 27.6. The Morgan fingerprint density at radius 1 is 1.15 bits per heavy atom. The molecule has 0 unspecified atom stereocenters. The normalized spacial score (nSPS) is 9.73. The van der Waals surface area contributed by atoms with Gasteiger partial charge >= 0.3 is 0 Å². The van der Waals surface area contributed by atoms with Crippen LogP contribution in [0.1, 0.15) is 23.2 Å². The van der Waals surface area contributed by atoms with Crippen molar-refractivity contribution in [3.05, 3.63) is 54.4 Å². The van der Waals surface area contributed by atoms with Crippen LogP contribution in [0.5, 0.6) is 5.75 Å². The quantitative estimate of drug-likeness (QED) is 0.578. The van der Waals surface area contributed by atoms with E-state index in [1.165, 1.54) is 6.20 Å². The predicted molar refractivity (Wildman–Crippen MR) is 103 cm³/mol. The van der Waals surface area contributed by atoms with Gasteiger partial charge in [-0.25, -0.2) is 0 Å². The third-order valence-electron chi connectivity index (χ3n) is 3.31. The molecule has 0 aliphatic rings. The first-order chi connectivity index (χ1) is 12.2. The van der Waals surface area contributed by atoms with Gasteiger partial charge in [-0.3, -0.25) is 14.6 Å². The lowest BCUT2D eigenvalue weighted by Crippen LogP contribution is -2.25. The van der Waals surface area contributed by atoms with Crippen molar-refractivity contribution in [2.45, 2.75) is 12.8 Å². The molecule has 0 fully saturated rings. The Bertz CT molecular complexity index is 681. The molecule has 0 aliphatic heterocycles. The van der Waals surface area contributed by atoms with Gasteiger partial charge in [-0.1, -0.05) is 0 Å². The highest BCUT2D eigenvalue weighted by molar-refractivity contribution is 5.94. The van der Waals surface area contributed by atoms with Crippen molar-refractivity contribution in [2.24, 2.45) is 5.73 Å². The van der Waals surface area contributed by atoms with Crippen LogP contribution in [0, 0.1) is 0 Å². The Labute approximate surface area is 158 Å². The molecule has 0 aliphatic carbocycles. The number of hydrogen-bond donors (Lipinski definition) is 3. The molecule has 0 saturated carbocycles. The Kier molecular flexibility index (Phi) is 9.74. The van der Waals surface area contributed by atoms with Crippen LogP contribution in [0.15, 0.2) is 48.8 Å². The number of carbonyl (C=O) groups excluding carboxylic acids is 2. The smallest absolute Gasteiger partial charge is 0.252 e. The van der Waals surface area contributed by atoms with Crippen molar-refractivity contribution < 1.29 is 14.3 Å². The maximum absolute atomic E-state index is 11.9. The van der Waals surface area contributed by atoms with Crippen molar-refractivity contribution in [1.82, 2.24) is 10.3 Å². The zero-order chi connectivity index (χ0) is 17.9. The molecule has 2 aromatic rings. The molecule has 8 heteroatoms. The minimum absolute atomic E-state index is 0. The maximum Gasteiger partial charge on any atom is 0.252 e. The fourth-order valence-electron chi connectivity index (χ4n) is 2.08. The molecular weight excluding hydrogens is 356 g/mol. The summed E-state index contributed by atoms with van der Waals surface area (Å²) in [5.41, 5.74) is 6.57. The summed E-state index contributed by atoms with van der Waals surface area (Å²) >= 11 is 0. The van der Waals surface area contributed by atoms with Crippen molar-refractivity contribution in [3.8, 4) is 5.75 Å². The van der Waals surface area contributed by atoms with Gasteiger partial charge < -0.3 is 21.1 Å². The monoisotopic (exact) mass is 378 g/mol. The zero-order valence-electron chi connectivity index (χ0n) is 14.3. The SMILES string of the molecule is Cl.NCCOc1ccc(NC(=O)CCCNC(=O)c2cccnc2)cc1. The van der Waals surface area contributed by atoms with Crippen LogP contribution < -0.4 is 21.1 Å². The summed E-state index contributed by atoms with van der Waals surface area (Å²) < 4.78 is 5.37. The van der Waals surface area contributed by atoms with E-state index >= 15 is 0 Å². The minimum Gasteiger partial charge on any atom is -0.492 e. The highest BCUT2D eigenvalue weighted by Gasteiger charge is 2.06. The van der Waals surface area contributed by atoms with Gasteiger partial charge in [0.05, 0.1) is 5.56 Å². The van der Waals surface area contributed by atoms with Crippen LogP contribution in [-0.4, -0.2) is 36.5 Å². The van der Waals surface area contributed by atoms with Gasteiger partial charge in [0, 0.05) is 37.6 Å². The molecule has 1 aromatic carbocycles. The summed E-state index contributed by atoms with van der Waals surface area (Å²) in [6.45, 7) is 1.33. The summed E-state index contributed by atoms with van der Waals surface area (Å²) in [5.74, 6) is 0.411. The molecule has 140 valence electrons. The summed E-state index contributed by atoms with van der Waals surface area (Å²) in [7, 11) is 0. The number of amides is 2. The molecule has 2 rings (SSSR count). The second kappa shape index (κ2) is 11.8. The summed E-state index contributed by atoms with van der Waals surface area (Å²) in [6, 6.07) is 10.5. The van der Waals surface area contributed by atoms with Crippen LogP contribution in [0.4, 0.5) is 5.69 Å². The fourth-order valence-corrected chi connectivity index (χ4v) is 2.08. The van der Waals surface area contributed by atoms with E-state index in [1.54, 1.807) is 42.6 Å². The van der Waals surface area contributed by atoms with Gasteiger partial charge in [0.15, 0.2) is 0 Å². The van der Waals surface area contributed by atoms with E-state index in [1.807, 2.05) is 0 Å². The topological polar surface area (TPSA) is 106 Å². The van der Waals surface area contributed by atoms with Crippen LogP contribution in [0.2, 0.25) is 0 Å². The Morgan fingerprint density at radius 3 is 2.58 bits per heavy atom. The van der Waals surface area contributed by atoms with Gasteiger partial charge in [-0.05, 0) is 42.8 Å². The van der Waals surface area contributed by atoms with Gasteiger partial charge in [0.1, 0.15) is 12.4 Å². The Balaban J connectivity index is 0.00000338. The number of nitrogens with one attached hydrogen (secondary N) is 2. The molecule has 26 heavy (non-hydrogen) atoms. The van der Waals surface area contributed by atoms with Gasteiger partial charge in [-0.2, -0.15) is 0 Å². The third-order valence-corrected chi connectivity index (χ3v) is 3.31. The van der Waals surface area contributed by atoms with Gasteiger partial charge in [-0.15, -0.1) is 12.4 Å². The van der Waals surface area contributed by atoms with E-state index in [0.29, 0.717) is 49.5 Å². The van der Waals surface area contributed by atoms with Crippen LogP contribution >= 0.6 is 12.4 Å². The number of ether oxygens (including phenoxy) is 1. The number of pyridine rings is 1. The second-order valence-electron chi connectivity index (χ2n) is 5.31. The number of rotatable bonds is 9. The average Bonchev–Trinajstić information content (AvgIpc) is 2.65. The molecule has 0 saturated heterocycles. The van der Waals surface area contributed by atoms with Crippen molar-refractivity contribution in [1.29, 1.82) is 0 Å². The number of aromatic nitrogens is 1. The maximum atomic E-state index is 11.9. The molecule has 0 atom stereocenters. The van der Waals surface area contributed by atoms with Crippen molar-refractivity contribution in [2.75, 3.05) is 25.0 Å². The van der Waals surface area contributed by atoms with Crippen LogP contribution in [-0.2, 0) is 4.79 Å². The lowest BCUT2D eigenvalue weighted by molar-refractivity contribution is -0.116. The lowest BCUT2D eigenvalue weighted by Gasteiger charge is -2.08. The second-order valence-corrected chi connectivity index (χ2v) is 5.31. The fraction of sp³-hybridized carbons (Fsp3) is 0.278. The van der Waals surface area contributed by atoms with E-state index in [0.717, 1.165) is 0 Å². The number of nitrogens with two attached hydrogens (primary N) is 1. The molecule has 0 bridgehead atoms. The average molecular weight is 379 g/mol. The number of carbonyl (C=O) groups is 2. The number of hydrogen-bond acceptors (Lipinski definition) is 5. The Hall–Kier alpha value is -2.64. The molecule has 0 radical (unpaired) electrons. The largest absolute Gasteiger partial charge is 0.492 e. The molecule has 1 heterocycles. The van der Waals surface area contributed by atoms with E-state index in [2.05, 4.69) is 15.6 Å². The van der Waals surface area contributed by atoms with Crippen LogP contribution in [0.25, 0.3) is 0 Å². The standard InChI is InChI=1S/C18H22N4O3.ClH/c19-9-12-25-16-7-5-15(6-8-16)22-17(23)4-2-11-21-18(24)14-3-1-10-20-13-14;/h1,3,5-8,10,13H,2,4,9,11-12,19H2,(H,21,24)(H,22,23);1H. The third kappa shape index (κ3) is 7.50. The number of benzene rings is 1. The van der Waals surface area contributed by atoms with E-state index in [9.17, 15) is 9.59 Å². The minimum atomic E-state index is -0.193.